The molecule has 4 heterocycles. The number of carbonyl (C=O) groups excluding carboxylic acids is 14. The number of carboxylic acid groups (broad SMARTS) is 1. The van der Waals surface area contributed by atoms with Gasteiger partial charge in [-0.15, -0.1) is 24.8 Å². The Bertz CT molecular complexity index is 6070. The molecule has 6 aliphatic carbocycles. The minimum atomic E-state index is -4.29. The van der Waals surface area contributed by atoms with Crippen LogP contribution in [0.4, 0.5) is 19.2 Å². The summed E-state index contributed by atoms with van der Waals surface area (Å²) in [6.07, 6.45) is 2.38. The van der Waals surface area contributed by atoms with Gasteiger partial charge in [0, 0.05) is 123 Å². The molecule has 4 saturated heterocycles. The number of hydrogen-bond donors (Lipinski definition) is 13. The zero-order valence-electron chi connectivity index (χ0n) is 131. The van der Waals surface area contributed by atoms with E-state index in [9.17, 15) is 77.0 Å². The van der Waals surface area contributed by atoms with Crippen LogP contribution in [-0.2, 0) is 76.4 Å². The number of primary amides is 2. The lowest BCUT2D eigenvalue weighted by Gasteiger charge is -2.38. The Morgan fingerprint density at radius 2 is 0.774 bits per heavy atom. The number of aliphatic hydroxyl groups is 1. The number of nitrogens with one attached hydrogen (secondary N) is 8. The number of carbonyl (C=O) groups is 15. The molecule has 0 aromatic carbocycles. The molecule has 19 atom stereocenters. The van der Waals surface area contributed by atoms with Gasteiger partial charge in [-0.1, -0.05) is 176 Å². The summed E-state index contributed by atoms with van der Waals surface area (Å²) in [6.45, 7) is -48.5. The molecular weight excluding hydrogens is 1760 g/mol. The van der Waals surface area contributed by atoms with Crippen molar-refractivity contribution in [3.63, 3.8) is 0 Å². The van der Waals surface area contributed by atoms with Gasteiger partial charge in [0.2, 0.25) is 35.3 Å². The number of urea groups is 2. The number of amides is 12. The number of nitrogens with zero attached hydrogens (tertiary/aromatic N) is 3. The lowest BCUT2D eigenvalue weighted by atomic mass is 9.80. The molecule has 36 nitrogen and oxygen atoms in total. The Kier molecular flexibility index (Phi) is 19.5. The zero-order valence-corrected chi connectivity index (χ0v) is 78.7. The molecule has 4 aliphatic heterocycles. The number of alkyl carbamates (subject to hydrolysis) is 2. The fourth-order valence-corrected chi connectivity index (χ4v) is 17.8. The van der Waals surface area contributed by atoms with Crippen LogP contribution in [0.3, 0.4) is 0 Å². The van der Waals surface area contributed by atoms with Crippen molar-refractivity contribution in [1.82, 2.24) is 57.2 Å². The zero-order chi connectivity index (χ0) is 146. The molecule has 0 radical (unpaired) electrons. The van der Waals surface area contributed by atoms with Crippen LogP contribution in [0.15, 0.2) is 0 Å². The van der Waals surface area contributed by atoms with Gasteiger partial charge >= 0.3 is 48.1 Å². The fraction of sp³-hybridized carbons (Fsp3) is 0.842. The van der Waals surface area contributed by atoms with E-state index in [4.69, 9.17) is 120 Å². The molecule has 6 unspecified atom stereocenters. The first-order valence-electron chi connectivity index (χ1n) is 68.8. The number of nitrogens with two attached hydrogens (primary N) is 3. The van der Waals surface area contributed by atoms with E-state index in [-0.39, 0.29) is 79.5 Å². The van der Waals surface area contributed by atoms with Crippen molar-refractivity contribution in [1.29, 1.82) is 0 Å². The summed E-state index contributed by atoms with van der Waals surface area (Å²) in [5, 5.41) is 33.2. The minimum Gasteiger partial charge on any atom is -0.480 e. The highest BCUT2D eigenvalue weighted by atomic mass is 35.5. The number of likely N-dealkylation sites (tertiary alicyclic amines) is 3. The summed E-state index contributed by atoms with van der Waals surface area (Å²) in [5.74, 6) is -14.6. The van der Waals surface area contributed by atoms with E-state index in [2.05, 4.69) is 24.5 Å². The first-order valence-corrected chi connectivity index (χ1v) is 41.8. The van der Waals surface area contributed by atoms with Crippen LogP contribution in [0.1, 0.15) is 346 Å². The largest absolute Gasteiger partial charge is 0.480 e. The Morgan fingerprint density at radius 1 is 0.451 bits per heavy atom. The van der Waals surface area contributed by atoms with Crippen molar-refractivity contribution in [2.45, 2.75) is 360 Å². The number of ether oxygens (including phenoxy) is 5. The van der Waals surface area contributed by atoms with Gasteiger partial charge in [-0.2, -0.15) is 0 Å². The molecule has 10 fully saturated rings. The summed E-state index contributed by atoms with van der Waals surface area (Å²) in [5.41, 5.74) is -12.1. The third kappa shape index (κ3) is 31.2. The van der Waals surface area contributed by atoms with E-state index in [1.165, 1.54) is 89.2 Å². The van der Waals surface area contributed by atoms with Crippen molar-refractivity contribution in [3.05, 3.63) is 0 Å². The van der Waals surface area contributed by atoms with E-state index < -0.39 is 352 Å². The smallest absolute Gasteiger partial charge is 0.408 e. The van der Waals surface area contributed by atoms with Crippen LogP contribution < -0.4 is 59.7 Å². The van der Waals surface area contributed by atoms with Gasteiger partial charge in [0.25, 0.3) is 5.91 Å². The number of halogens is 2. The monoisotopic (exact) mass is 1980 g/mol. The lowest BCUT2D eigenvalue weighted by Crippen LogP contribution is -2.62. The second kappa shape index (κ2) is 44.1. The molecular formula is C95H168Cl2N14O22. The number of Topliss-reactive ketones (excluding diaryl/α,β-unsaturated/α-hetero) is 1. The molecule has 0 spiro atoms. The van der Waals surface area contributed by atoms with Crippen molar-refractivity contribution in [2.24, 2.45) is 120 Å². The molecule has 133 heavy (non-hydrogen) atoms. The Labute approximate surface area is 877 Å². The maximum atomic E-state index is 14.8. The number of aliphatic hydroxyl groups excluding tert-OH is 1. The van der Waals surface area contributed by atoms with Gasteiger partial charge in [-0.3, -0.25) is 38.4 Å². The normalized spacial score (nSPS) is 33.7. The van der Waals surface area contributed by atoms with Crippen LogP contribution in [0.25, 0.3) is 0 Å². The molecule has 12 amide bonds. The predicted octanol–water partition coefficient (Wildman–Crippen LogP) is 9.06. The first-order chi connectivity index (χ1) is 81.7. The van der Waals surface area contributed by atoms with Crippen LogP contribution in [0, 0.1) is 102 Å². The van der Waals surface area contributed by atoms with E-state index in [0.717, 1.165) is 32.1 Å². The molecule has 6 saturated carbocycles. The number of aliphatic carboxylic acids is 1. The van der Waals surface area contributed by atoms with Gasteiger partial charge in [0.1, 0.15) is 65.6 Å². The van der Waals surface area contributed by atoms with Crippen LogP contribution in [0.2, 0.25) is 0 Å². The third-order valence-corrected chi connectivity index (χ3v) is 25.5. The summed E-state index contributed by atoms with van der Waals surface area (Å²) in [6, 6.07) is -22.7. The Balaban J connectivity index is 0.000000610. The molecule has 16 N–H and O–H groups in total. The van der Waals surface area contributed by atoms with E-state index in [0.29, 0.717) is 52.2 Å². The number of rotatable bonds is 21. The van der Waals surface area contributed by atoms with Crippen LogP contribution in [0.5, 0.6) is 0 Å². The summed E-state index contributed by atoms with van der Waals surface area (Å²) < 4.78 is 449. The minimum absolute atomic E-state index is 0. The molecule has 0 aromatic heterocycles. The molecule has 10 rings (SSSR count). The number of ketones is 1. The number of fused-ring (bicyclic) bond motifs is 4. The van der Waals surface area contributed by atoms with Crippen molar-refractivity contribution >= 4 is 114 Å². The fourth-order valence-electron chi connectivity index (χ4n) is 17.8. The van der Waals surface area contributed by atoms with Crippen molar-refractivity contribution < 1.29 is 180 Å². The Hall–Kier alpha value is -8.09. The molecule has 0 bridgehead atoms. The molecule has 10 aliphatic rings. The topological polar surface area (TPSA) is 527 Å². The second-order valence-electron chi connectivity index (χ2n) is 39.2. The van der Waals surface area contributed by atoms with Gasteiger partial charge in [-0.05, 0) is 193 Å². The molecule has 764 valence electrons. The number of methoxy groups -OCH3 is 3. The standard InChI is InChI=1S/C27H45N5O5.C20H35N3O4.C20H34N2O5.C11H21NO4.C9H15NO2.C8H16N2O2.2ClH/c1-25(2,3)20(30-24(37)31-26(4,5)6)23(36)32-13-15-17(27(15,7)8)18(32)22(35)29-16(19(33)21(28)34)12-14-10-9-11-14;1-18(2,3)14(21-17(26)22-19(4,5)6)15(24)23-10-11-12(20(11,7)8)13(23)16(25)27-9;1-18(2,3)14(21-17(25)27-19(4,5)6)15(23)22-10-11-12(20(11,7)8)13(22)16(24)26-9;1-10(2,3)7(8(13)14)12-9(15)16-11(4,5)6;1-9(2)5-4-10-7(6(5)9)8(11)12-3;9-6(7(11)8(10)12)4-5-2-1-3-5;;/h14-18,20H,9-13H2,1-8H3,(H2,28,34)(H,29,35)(H2,30,31,37);11-14H,10H2,1-9H3,(H2,21,22,26);11-14H,10H2,1-9H3,(H,21,25);7H,1-6H3,(H,12,15)(H,13,14);5-7,10H,4H2,1-3H3;5-7,11H,1-4,9H2,(H2,10,12);2*1H/t15-,16?,17?,18-,20+;2*11-,12?,13-,14+;7-;5-,6?,7-;6-,7?;;/m000100../s1/i2*1D3,2D3,3D3,4D3,5D3,6D3;2*1D3,2D3,3D3;;;;. The second-order valence-corrected chi connectivity index (χ2v) is 39.2. The Morgan fingerprint density at radius 3 is 1.07 bits per heavy atom. The average Bonchev–Trinajstić information content (AvgIpc) is 1.53. The van der Waals surface area contributed by atoms with Gasteiger partial charge < -0.3 is 108 Å². The van der Waals surface area contributed by atoms with Crippen molar-refractivity contribution in [2.75, 3.05) is 47.5 Å². The highest BCUT2D eigenvalue weighted by molar-refractivity contribution is 6.38. The average molecular weight is 1980 g/mol. The van der Waals surface area contributed by atoms with Gasteiger partial charge in [-0.25, -0.2) is 33.6 Å². The third-order valence-electron chi connectivity index (χ3n) is 25.5. The van der Waals surface area contributed by atoms with Gasteiger partial charge in [0.15, 0.2) is 0 Å². The van der Waals surface area contributed by atoms with E-state index >= 15 is 0 Å². The van der Waals surface area contributed by atoms with E-state index in [1.807, 2.05) is 19.2 Å². The number of piperidine rings is 4. The SMILES string of the molecule is COC(=O)[C@H]1NC[C@H]2C1C2(C)C.Cl.Cl.NC(=O)C(O)[C@@H](N)CC1CCC1.[2H]C([2H])([2H])C(NC(=O)N[C@H](C(=O)N1C[C@H]2C([C@H]1C(=O)NC(CC1CCC1)C(=O)C(N)=O)C2(C)C)C(C([2H])([2H])[2H])(C([2H])([2H])[2H])C([2H])([2H])[2H])(C([2H])([2H])[2H])C([2H])([2H])[2H].[2H]C([2H])([2H])C(NC(=O)N[C@H](C(=O)N1C[C@H]2C([C@H]1C(=O)OC)C2(C)C)C(C([2H])([2H])[2H])(C([2H])([2H])[2H])C([2H])([2H])[2H])(C([2H])([2H])[2H])C([2H])([2H])[2H].[2H]C([2H])([2H])C([C@H](NC(=O)OC(C)(C)C)C(=O)N1C[C@H]2C([C@H]1C(=O)OC)C2(C)C)(C([2H])([2H])[2H])C([2H])([2H])[2H].[2H]C([2H])([2H])C([C@H](NC(=O)OC(C)(C)C)C(=O)O)(C([2H])([2H])[2H])C([2H])([2H])[2H]. The maximum Gasteiger partial charge on any atom is 0.408 e. The highest BCUT2D eigenvalue weighted by Crippen LogP contribution is 2.68. The lowest BCUT2D eigenvalue weighted by molar-refractivity contribution is -0.154. The van der Waals surface area contributed by atoms with Crippen LogP contribution in [-0.4, -0.2) is 251 Å². The quantitative estimate of drug-likeness (QED) is 0.0289. The maximum absolute atomic E-state index is 14.8. The first kappa shape index (κ1) is 58.6. The van der Waals surface area contributed by atoms with Gasteiger partial charge in [0.05, 0.1) is 27.4 Å². The summed E-state index contributed by atoms with van der Waals surface area (Å²) in [7, 11) is 3.51. The summed E-state index contributed by atoms with van der Waals surface area (Å²) >= 11 is 0. The summed E-state index contributed by atoms with van der Waals surface area (Å²) in [4.78, 5) is 194. The number of esters is 3. The number of hydrogen-bond acceptors (Lipinski definition) is 23. The predicted molar refractivity (Wildman–Crippen MR) is 507 cm³/mol. The highest BCUT2D eigenvalue weighted by Gasteiger charge is 2.73. The molecule has 38 heteroatoms. The number of carboxylic acids is 1. The van der Waals surface area contributed by atoms with E-state index in [1.54, 1.807) is 33.0 Å². The van der Waals surface area contributed by atoms with Crippen LogP contribution >= 0.6 is 24.8 Å². The molecule has 0 aromatic rings. The van der Waals surface area contributed by atoms with Crippen molar-refractivity contribution in [3.8, 4) is 0 Å².